The van der Waals surface area contributed by atoms with Gasteiger partial charge in [-0.25, -0.2) is 0 Å². The summed E-state index contributed by atoms with van der Waals surface area (Å²) in [6.45, 7) is 4.24. The van der Waals surface area contributed by atoms with Gasteiger partial charge in [0.15, 0.2) is 17.6 Å². The van der Waals surface area contributed by atoms with E-state index in [0.717, 1.165) is 44.7 Å². The highest BCUT2D eigenvalue weighted by atomic mass is 16.6. The van der Waals surface area contributed by atoms with Gasteiger partial charge in [-0.3, -0.25) is 14.5 Å². The van der Waals surface area contributed by atoms with Crippen LogP contribution in [-0.4, -0.2) is 52.6 Å². The number of allylic oxidation sites excluding steroid dienone is 5. The lowest BCUT2D eigenvalue weighted by atomic mass is 9.44. The van der Waals surface area contributed by atoms with E-state index >= 15 is 0 Å². The number of carbonyl (C=O) groups excluding carboxylic acids is 2. The highest BCUT2D eigenvalue weighted by Gasteiger charge is 2.77. The Labute approximate surface area is 291 Å². The zero-order valence-electron chi connectivity index (χ0n) is 30.1. The lowest BCUT2D eigenvalue weighted by molar-refractivity contribution is -0.244. The molecule has 2 aliphatic heterocycles. The lowest BCUT2D eigenvalue weighted by Gasteiger charge is -2.65. The number of hydrogen-bond donors (Lipinski definition) is 1. The average Bonchev–Trinajstić information content (AvgIpc) is 3.82. The Kier molecular flexibility index (Phi) is 12.6. The highest BCUT2D eigenvalue weighted by molar-refractivity contribution is 5.87. The van der Waals surface area contributed by atoms with Gasteiger partial charge in [0.1, 0.15) is 5.76 Å². The third kappa shape index (κ3) is 7.85. The Morgan fingerprint density at radius 3 is 2.25 bits per heavy atom. The molecule has 1 N–H and O–H groups in total. The zero-order valence-corrected chi connectivity index (χ0v) is 30.1. The van der Waals surface area contributed by atoms with E-state index < -0.39 is 17.1 Å². The summed E-state index contributed by atoms with van der Waals surface area (Å²) in [5.74, 6) is 1.90. The van der Waals surface area contributed by atoms with Crippen molar-refractivity contribution in [1.82, 2.24) is 4.90 Å². The van der Waals surface area contributed by atoms with Crippen molar-refractivity contribution >= 4 is 11.8 Å². The van der Waals surface area contributed by atoms with Crippen LogP contribution in [0.15, 0.2) is 35.8 Å². The van der Waals surface area contributed by atoms with Crippen molar-refractivity contribution in [2.45, 2.75) is 179 Å². The summed E-state index contributed by atoms with van der Waals surface area (Å²) in [5, 5.41) is 12.5. The van der Waals surface area contributed by atoms with Crippen molar-refractivity contribution in [3.8, 4) is 0 Å². The van der Waals surface area contributed by atoms with Gasteiger partial charge in [0, 0.05) is 31.3 Å². The van der Waals surface area contributed by atoms with Crippen molar-refractivity contribution in [2.75, 3.05) is 13.1 Å². The second-order valence-corrected chi connectivity index (χ2v) is 16.3. The molecule has 2 bridgehead atoms. The number of hydrogen-bond acceptors (Lipinski definition) is 6. The zero-order chi connectivity index (χ0) is 33.4. The van der Waals surface area contributed by atoms with E-state index in [0.29, 0.717) is 30.8 Å². The minimum Gasteiger partial charge on any atom is -0.482 e. The van der Waals surface area contributed by atoms with Crippen LogP contribution in [0.1, 0.15) is 161 Å². The number of rotatable bonds is 22. The molecule has 0 radical (unpaired) electrons. The number of aliphatic hydroxyl groups is 1. The molecule has 6 nitrogen and oxygen atoms in total. The summed E-state index contributed by atoms with van der Waals surface area (Å²) in [6, 6.07) is 0.0622. The molecule has 2 saturated heterocycles. The van der Waals surface area contributed by atoms with Crippen molar-refractivity contribution in [3.63, 3.8) is 0 Å². The van der Waals surface area contributed by atoms with Crippen molar-refractivity contribution in [3.05, 3.63) is 35.8 Å². The monoisotopic (exact) mass is 663 g/mol. The molecule has 0 aromatic rings. The van der Waals surface area contributed by atoms with E-state index in [2.05, 4.69) is 30.1 Å². The van der Waals surface area contributed by atoms with Gasteiger partial charge in [-0.15, -0.1) is 0 Å². The number of Topliss-reactive ketones (excluding diaryl/α,β-unsaturated/α-hetero) is 1. The van der Waals surface area contributed by atoms with Gasteiger partial charge >= 0.3 is 5.97 Å². The van der Waals surface area contributed by atoms with Crippen LogP contribution in [0.3, 0.4) is 0 Å². The quantitative estimate of drug-likeness (QED) is 0.0707. The number of ketones is 1. The van der Waals surface area contributed by atoms with Gasteiger partial charge < -0.3 is 14.6 Å². The van der Waals surface area contributed by atoms with Crippen LogP contribution in [0, 0.1) is 23.2 Å². The number of unbranched alkanes of at least 4 members (excludes halogenated alkanes) is 15. The van der Waals surface area contributed by atoms with Crippen LogP contribution < -0.4 is 0 Å². The van der Waals surface area contributed by atoms with Crippen molar-refractivity contribution in [1.29, 1.82) is 0 Å². The molecule has 4 aliphatic carbocycles. The smallest absolute Gasteiger partial charge is 0.311 e. The van der Waals surface area contributed by atoms with E-state index in [-0.39, 0.29) is 29.6 Å². The molecule has 2 heterocycles. The Bertz CT molecular complexity index is 1190. The number of ether oxygens (including phenoxy) is 2. The van der Waals surface area contributed by atoms with E-state index in [4.69, 9.17) is 9.47 Å². The second-order valence-electron chi connectivity index (χ2n) is 16.3. The Balaban J connectivity index is 0.869. The minimum atomic E-state index is -0.939. The molecule has 0 amide bonds. The fourth-order valence-electron chi connectivity index (χ4n) is 10.2. The third-order valence-electron chi connectivity index (χ3n) is 12.9. The second kappa shape index (κ2) is 16.9. The predicted molar refractivity (Wildman–Crippen MR) is 191 cm³/mol. The van der Waals surface area contributed by atoms with Crippen molar-refractivity contribution < 1.29 is 24.2 Å². The summed E-state index contributed by atoms with van der Waals surface area (Å²) in [7, 11) is 0. The molecule has 3 unspecified atom stereocenters. The molecular weight excluding hydrogens is 598 g/mol. The van der Waals surface area contributed by atoms with E-state index in [1.165, 1.54) is 109 Å². The average molecular weight is 664 g/mol. The number of nitrogens with zero attached hydrogens (tertiary/aromatic N) is 1. The van der Waals surface area contributed by atoms with Gasteiger partial charge in [0.05, 0.1) is 11.0 Å². The van der Waals surface area contributed by atoms with Gasteiger partial charge in [-0.05, 0) is 88.7 Å². The predicted octanol–water partition coefficient (Wildman–Crippen LogP) is 9.51. The lowest BCUT2D eigenvalue weighted by Crippen LogP contribution is -2.76. The molecule has 6 rings (SSSR count). The normalized spacial score (nSPS) is 32.2. The third-order valence-corrected chi connectivity index (χ3v) is 12.9. The van der Waals surface area contributed by atoms with E-state index in [1.54, 1.807) is 0 Å². The number of likely N-dealkylation sites (tertiary alicyclic amines) is 1. The number of piperidine rings is 1. The Morgan fingerprint density at radius 2 is 1.58 bits per heavy atom. The maximum absolute atomic E-state index is 13.3. The van der Waals surface area contributed by atoms with Crippen LogP contribution in [0.2, 0.25) is 0 Å². The largest absolute Gasteiger partial charge is 0.482 e. The van der Waals surface area contributed by atoms with Crippen LogP contribution in [0.5, 0.6) is 0 Å². The minimum absolute atomic E-state index is 0.0622. The summed E-state index contributed by atoms with van der Waals surface area (Å²) in [5.41, 5.74) is -1.55. The molecule has 6 atom stereocenters. The molecule has 1 spiro atoms. The summed E-state index contributed by atoms with van der Waals surface area (Å²) in [4.78, 5) is 28.8. The van der Waals surface area contributed by atoms with Crippen LogP contribution in [0.4, 0.5) is 0 Å². The summed E-state index contributed by atoms with van der Waals surface area (Å²) >= 11 is 0. The molecule has 268 valence electrons. The van der Waals surface area contributed by atoms with Gasteiger partial charge in [0.25, 0.3) is 0 Å². The highest BCUT2D eigenvalue weighted by Crippen LogP contribution is 2.69. The first-order valence-corrected chi connectivity index (χ1v) is 20.4. The molecule has 0 aromatic heterocycles. The van der Waals surface area contributed by atoms with Gasteiger partial charge in [0.2, 0.25) is 0 Å². The van der Waals surface area contributed by atoms with Crippen LogP contribution in [0.25, 0.3) is 0 Å². The van der Waals surface area contributed by atoms with Gasteiger partial charge in [-0.2, -0.15) is 0 Å². The molecule has 6 heteroatoms. The van der Waals surface area contributed by atoms with E-state index in [9.17, 15) is 14.7 Å². The Hall–Kier alpha value is -1.92. The fourth-order valence-corrected chi connectivity index (χ4v) is 10.2. The van der Waals surface area contributed by atoms with Crippen LogP contribution >= 0.6 is 0 Å². The maximum Gasteiger partial charge on any atom is 0.311 e. The SMILES string of the molecule is CCCCCCCC/C=C\CCCCCCCCCCCC(=O)OC1=C2O[C@H]3C(=O)CC[C@@]4(O)C5CC(C=C1)C2[C@@]34CCN5CC1CC1. The first-order chi connectivity index (χ1) is 23.5. The molecular formula is C42H65NO5. The first kappa shape index (κ1) is 35.9. The summed E-state index contributed by atoms with van der Waals surface area (Å²) < 4.78 is 12.5. The molecule has 48 heavy (non-hydrogen) atoms. The van der Waals surface area contributed by atoms with Crippen molar-refractivity contribution in [2.24, 2.45) is 23.2 Å². The molecule has 3 saturated carbocycles. The first-order valence-electron chi connectivity index (χ1n) is 20.4. The fraction of sp³-hybridized carbons (Fsp3) is 0.810. The molecule has 5 fully saturated rings. The van der Waals surface area contributed by atoms with Crippen LogP contribution in [-0.2, 0) is 19.1 Å². The van der Waals surface area contributed by atoms with E-state index in [1.807, 2.05) is 6.08 Å². The number of esters is 1. The Morgan fingerprint density at radius 1 is 0.938 bits per heavy atom. The standard InChI is InChI=1S/C42H65NO5/c1-2-3-4-5-6-7-8-9-10-11-12-13-14-15-16-17-18-19-20-21-37(45)47-35-25-24-33-30-36-42(46)27-26-34(44)40-41(42,38(33)39(35)48-40)28-29-43(36)31-32-22-23-32/h9-10,24-25,32-33,36,38,40,46H,2-8,11-23,26-31H2,1H3/b10-9-/t33?,36?,38?,40-,41-,42+/m0/s1. The maximum atomic E-state index is 13.3. The van der Waals surface area contributed by atoms with Gasteiger partial charge in [-0.1, -0.05) is 102 Å². The topological polar surface area (TPSA) is 76.1 Å². The number of carbonyl (C=O) groups is 2. The summed E-state index contributed by atoms with van der Waals surface area (Å²) in [6.07, 6.45) is 35.4. The molecule has 0 aromatic carbocycles. The molecule has 6 aliphatic rings.